The lowest BCUT2D eigenvalue weighted by Gasteiger charge is -2.08. The first kappa shape index (κ1) is 19.2. The first-order chi connectivity index (χ1) is 11.9. The Balaban J connectivity index is 2.02. The van der Waals surface area contributed by atoms with Crippen LogP contribution in [0.3, 0.4) is 0 Å². The molecule has 2 aromatic rings. The van der Waals surface area contributed by atoms with E-state index in [-0.39, 0.29) is 16.8 Å². The second kappa shape index (κ2) is 8.79. The van der Waals surface area contributed by atoms with Crippen molar-refractivity contribution in [3.8, 4) is 0 Å². The zero-order valence-electron chi connectivity index (χ0n) is 13.6. The summed E-state index contributed by atoms with van der Waals surface area (Å²) in [6.07, 6.45) is 1.47. The summed E-state index contributed by atoms with van der Waals surface area (Å²) in [5, 5.41) is 2.70. The van der Waals surface area contributed by atoms with E-state index < -0.39 is 10.0 Å². The molecule has 0 saturated carbocycles. The van der Waals surface area contributed by atoms with Gasteiger partial charge in [-0.3, -0.25) is 4.79 Å². The van der Waals surface area contributed by atoms with Gasteiger partial charge in [-0.05, 0) is 37.3 Å². The quantitative estimate of drug-likeness (QED) is 0.587. The molecule has 0 spiro atoms. The molecule has 1 aromatic carbocycles. The molecule has 25 heavy (non-hydrogen) atoms. The van der Waals surface area contributed by atoms with Crippen LogP contribution in [0.4, 0.5) is 11.6 Å². The fourth-order valence-corrected chi connectivity index (χ4v) is 3.36. The number of amides is 1. The third-order valence-corrected chi connectivity index (χ3v) is 5.30. The molecule has 8 nitrogen and oxygen atoms in total. The number of nitrogens with two attached hydrogens (primary N) is 1. The summed E-state index contributed by atoms with van der Waals surface area (Å²) in [7, 11) is -3.80. The summed E-state index contributed by atoms with van der Waals surface area (Å²) >= 11 is 1.43. The van der Waals surface area contributed by atoms with Gasteiger partial charge in [-0.2, -0.15) is 11.8 Å². The summed E-state index contributed by atoms with van der Waals surface area (Å²) in [5.74, 6) is 0.843. The Labute approximate surface area is 150 Å². The Kier molecular flexibility index (Phi) is 6.73. The third kappa shape index (κ3) is 6.00. The van der Waals surface area contributed by atoms with E-state index in [1.54, 1.807) is 13.0 Å². The third-order valence-electron chi connectivity index (χ3n) is 2.96. The van der Waals surface area contributed by atoms with E-state index in [0.29, 0.717) is 29.4 Å². The maximum absolute atomic E-state index is 12.3. The second-order valence-corrected chi connectivity index (χ2v) is 7.83. The Bertz CT molecular complexity index is 825. The molecule has 0 saturated heterocycles. The van der Waals surface area contributed by atoms with Gasteiger partial charge in [0.25, 0.3) is 10.0 Å². The smallest absolute Gasteiger partial charge is 0.264 e. The number of aryl methyl sites for hydroxylation is 1. The zero-order chi connectivity index (χ0) is 18.3. The highest BCUT2D eigenvalue weighted by Gasteiger charge is 2.15. The minimum atomic E-state index is -3.80. The van der Waals surface area contributed by atoms with Gasteiger partial charge in [-0.1, -0.05) is 0 Å². The van der Waals surface area contributed by atoms with Crippen molar-refractivity contribution in [2.45, 2.75) is 11.8 Å². The van der Waals surface area contributed by atoms with Crippen molar-refractivity contribution in [3.63, 3.8) is 0 Å². The summed E-state index contributed by atoms with van der Waals surface area (Å²) in [6.45, 7) is 2.25. The van der Waals surface area contributed by atoms with Crippen LogP contribution in [0.5, 0.6) is 0 Å². The van der Waals surface area contributed by atoms with Crippen molar-refractivity contribution < 1.29 is 13.2 Å². The molecule has 4 N–H and O–H groups in total. The topological polar surface area (TPSA) is 127 Å². The summed E-state index contributed by atoms with van der Waals surface area (Å²) < 4.78 is 27.0. The van der Waals surface area contributed by atoms with Gasteiger partial charge in [0.05, 0.1) is 10.6 Å². The lowest BCUT2D eigenvalue weighted by molar-refractivity contribution is -0.113. The average Bonchev–Trinajstić information content (AvgIpc) is 2.55. The number of anilines is 2. The predicted molar refractivity (Wildman–Crippen MR) is 99.0 cm³/mol. The Morgan fingerprint density at radius 1 is 1.24 bits per heavy atom. The average molecular weight is 381 g/mol. The number of hydrogen-bond donors (Lipinski definition) is 3. The summed E-state index contributed by atoms with van der Waals surface area (Å²) in [4.78, 5) is 19.7. The minimum absolute atomic E-state index is 0.00862. The van der Waals surface area contributed by atoms with Crippen molar-refractivity contribution in [2.24, 2.45) is 5.73 Å². The molecule has 0 radical (unpaired) electrons. The molecule has 0 fully saturated rings. The van der Waals surface area contributed by atoms with Crippen LogP contribution < -0.4 is 15.8 Å². The van der Waals surface area contributed by atoms with Gasteiger partial charge in [0.15, 0.2) is 0 Å². The molecule has 2 rings (SSSR count). The largest absolute Gasteiger partial charge is 0.330 e. The summed E-state index contributed by atoms with van der Waals surface area (Å²) in [6, 6.07) is 7.52. The number of aromatic nitrogens is 2. The van der Waals surface area contributed by atoms with Gasteiger partial charge in [0.1, 0.15) is 0 Å². The fraction of sp³-hybridized carbons (Fsp3) is 0.267. The van der Waals surface area contributed by atoms with E-state index in [1.807, 2.05) is 0 Å². The van der Waals surface area contributed by atoms with Crippen molar-refractivity contribution >= 4 is 39.3 Å². The molecule has 134 valence electrons. The van der Waals surface area contributed by atoms with Crippen LogP contribution in [0.1, 0.15) is 5.69 Å². The minimum Gasteiger partial charge on any atom is -0.330 e. The number of carbonyl (C=O) groups is 1. The molecular formula is C15H19N5O3S2. The molecule has 0 unspecified atom stereocenters. The Morgan fingerprint density at radius 2 is 1.96 bits per heavy atom. The standard InChI is InChI=1S/C15H19N5O3S2/c1-11-6-8-17-15(18-11)20-25(22,23)13-4-2-12(3-5-13)19-14(21)10-24-9-7-16/h2-6,8H,7,9-10,16H2,1H3,(H,19,21)(H,17,18,20). The number of sulfonamides is 1. The maximum Gasteiger partial charge on any atom is 0.264 e. The highest BCUT2D eigenvalue weighted by Crippen LogP contribution is 2.17. The van der Waals surface area contributed by atoms with Crippen molar-refractivity contribution in [1.82, 2.24) is 9.97 Å². The van der Waals surface area contributed by atoms with E-state index in [9.17, 15) is 13.2 Å². The van der Waals surface area contributed by atoms with Gasteiger partial charge in [0.2, 0.25) is 11.9 Å². The number of carbonyl (C=O) groups excluding carboxylic acids is 1. The normalized spacial score (nSPS) is 11.1. The van der Waals surface area contributed by atoms with E-state index in [2.05, 4.69) is 20.0 Å². The zero-order valence-corrected chi connectivity index (χ0v) is 15.2. The summed E-state index contributed by atoms with van der Waals surface area (Å²) in [5.41, 5.74) is 6.53. The molecule has 0 aliphatic rings. The molecular weight excluding hydrogens is 362 g/mol. The number of rotatable bonds is 8. The molecule has 1 heterocycles. The molecule has 0 aliphatic heterocycles. The lowest BCUT2D eigenvalue weighted by Crippen LogP contribution is -2.17. The molecule has 1 amide bonds. The monoisotopic (exact) mass is 381 g/mol. The second-order valence-electron chi connectivity index (χ2n) is 5.04. The van der Waals surface area contributed by atoms with E-state index in [4.69, 9.17) is 5.73 Å². The van der Waals surface area contributed by atoms with Crippen LogP contribution in [0, 0.1) is 6.92 Å². The number of nitrogens with one attached hydrogen (secondary N) is 2. The van der Waals surface area contributed by atoms with E-state index in [1.165, 1.54) is 42.2 Å². The maximum atomic E-state index is 12.3. The van der Waals surface area contributed by atoms with Gasteiger partial charge < -0.3 is 11.1 Å². The Hall–Kier alpha value is -2.17. The van der Waals surface area contributed by atoms with Gasteiger partial charge in [0, 0.05) is 29.9 Å². The first-order valence-electron chi connectivity index (χ1n) is 7.41. The van der Waals surface area contributed by atoms with Crippen molar-refractivity contribution in [3.05, 3.63) is 42.2 Å². The fourth-order valence-electron chi connectivity index (χ4n) is 1.84. The first-order valence-corrected chi connectivity index (χ1v) is 10.0. The number of hydrogen-bond acceptors (Lipinski definition) is 7. The lowest BCUT2D eigenvalue weighted by atomic mass is 10.3. The van der Waals surface area contributed by atoms with Gasteiger partial charge >= 0.3 is 0 Å². The SMILES string of the molecule is Cc1ccnc(NS(=O)(=O)c2ccc(NC(=O)CSCCN)cc2)n1. The van der Waals surface area contributed by atoms with Gasteiger partial charge in [-0.15, -0.1) is 0 Å². The molecule has 0 bridgehead atoms. The molecule has 0 atom stereocenters. The van der Waals surface area contributed by atoms with Crippen LogP contribution in [-0.2, 0) is 14.8 Å². The molecule has 1 aromatic heterocycles. The van der Waals surface area contributed by atoms with Crippen molar-refractivity contribution in [1.29, 1.82) is 0 Å². The Morgan fingerprint density at radius 3 is 2.60 bits per heavy atom. The predicted octanol–water partition coefficient (Wildman–Crippen LogP) is 1.22. The number of benzene rings is 1. The van der Waals surface area contributed by atoms with Crippen LogP contribution >= 0.6 is 11.8 Å². The van der Waals surface area contributed by atoms with E-state index in [0.717, 1.165) is 0 Å². The molecule has 0 aliphatic carbocycles. The number of thioether (sulfide) groups is 1. The number of nitrogens with zero attached hydrogens (tertiary/aromatic N) is 2. The molecule has 10 heteroatoms. The highest BCUT2D eigenvalue weighted by molar-refractivity contribution is 8.00. The van der Waals surface area contributed by atoms with Crippen molar-refractivity contribution in [2.75, 3.05) is 28.1 Å². The van der Waals surface area contributed by atoms with Crippen LogP contribution in [0.25, 0.3) is 0 Å². The van der Waals surface area contributed by atoms with Crippen LogP contribution in [0.15, 0.2) is 41.4 Å². The van der Waals surface area contributed by atoms with Gasteiger partial charge in [-0.25, -0.2) is 23.1 Å². The highest BCUT2D eigenvalue weighted by atomic mass is 32.2. The van der Waals surface area contributed by atoms with Crippen LogP contribution in [-0.4, -0.2) is 42.3 Å². The van der Waals surface area contributed by atoms with E-state index >= 15 is 0 Å². The van der Waals surface area contributed by atoms with Crippen LogP contribution in [0.2, 0.25) is 0 Å².